The highest BCUT2D eigenvalue weighted by atomic mass is 16.3. The van der Waals surface area contributed by atoms with Gasteiger partial charge in [-0.15, -0.1) is 0 Å². The van der Waals surface area contributed by atoms with Crippen molar-refractivity contribution in [1.29, 1.82) is 0 Å². The highest BCUT2D eigenvalue weighted by Crippen LogP contribution is 2.18. The van der Waals surface area contributed by atoms with Gasteiger partial charge in [-0.1, -0.05) is 20.8 Å². The number of aryl methyl sites for hydroxylation is 1. The Morgan fingerprint density at radius 1 is 1.41 bits per heavy atom. The zero-order chi connectivity index (χ0) is 13.1. The van der Waals surface area contributed by atoms with Gasteiger partial charge in [0, 0.05) is 12.7 Å². The third-order valence-electron chi connectivity index (χ3n) is 2.47. The van der Waals surface area contributed by atoms with E-state index in [1.165, 1.54) is 12.4 Å². The maximum absolute atomic E-state index is 11.7. The molecule has 1 amide bonds. The quantitative estimate of drug-likeness (QED) is 0.819. The van der Waals surface area contributed by atoms with Gasteiger partial charge in [0.2, 0.25) is 0 Å². The Morgan fingerprint density at radius 2 is 2.06 bits per heavy atom. The van der Waals surface area contributed by atoms with Gasteiger partial charge in [-0.25, -0.2) is 4.98 Å². The van der Waals surface area contributed by atoms with Crippen molar-refractivity contribution in [2.45, 2.75) is 33.8 Å². The Balaban J connectivity index is 2.53. The molecule has 1 unspecified atom stereocenters. The normalized spacial score (nSPS) is 13.2. The van der Waals surface area contributed by atoms with Gasteiger partial charge in [-0.3, -0.25) is 9.78 Å². The lowest BCUT2D eigenvalue weighted by molar-refractivity contribution is 0.0585. The third kappa shape index (κ3) is 4.11. The van der Waals surface area contributed by atoms with Gasteiger partial charge in [0.05, 0.1) is 18.0 Å². The third-order valence-corrected chi connectivity index (χ3v) is 2.47. The summed E-state index contributed by atoms with van der Waals surface area (Å²) >= 11 is 0. The highest BCUT2D eigenvalue weighted by Gasteiger charge is 2.22. The summed E-state index contributed by atoms with van der Waals surface area (Å²) in [5.41, 5.74) is 0.764. The summed E-state index contributed by atoms with van der Waals surface area (Å²) in [5, 5.41) is 12.4. The summed E-state index contributed by atoms with van der Waals surface area (Å²) in [4.78, 5) is 19.6. The monoisotopic (exact) mass is 237 g/mol. The molecule has 1 atom stereocenters. The molecule has 1 heterocycles. The van der Waals surface area contributed by atoms with E-state index in [2.05, 4.69) is 15.3 Å². The van der Waals surface area contributed by atoms with E-state index in [9.17, 15) is 9.90 Å². The van der Waals surface area contributed by atoms with Gasteiger partial charge in [0.15, 0.2) is 0 Å². The molecule has 2 N–H and O–H groups in total. The zero-order valence-electron chi connectivity index (χ0n) is 10.7. The van der Waals surface area contributed by atoms with Crippen LogP contribution in [-0.4, -0.2) is 33.6 Å². The molecule has 5 heteroatoms. The molecule has 0 aromatic carbocycles. The molecule has 0 aliphatic rings. The van der Waals surface area contributed by atoms with E-state index < -0.39 is 6.10 Å². The molecule has 1 rings (SSSR count). The lowest BCUT2D eigenvalue weighted by atomic mass is 9.89. The van der Waals surface area contributed by atoms with Crippen molar-refractivity contribution >= 4 is 5.91 Å². The minimum Gasteiger partial charge on any atom is -0.391 e. The van der Waals surface area contributed by atoms with Crippen LogP contribution in [0, 0.1) is 12.3 Å². The van der Waals surface area contributed by atoms with Gasteiger partial charge in [0.25, 0.3) is 5.91 Å². The number of aliphatic hydroxyl groups excluding tert-OH is 1. The van der Waals surface area contributed by atoms with Crippen molar-refractivity contribution in [3.8, 4) is 0 Å². The molecule has 0 saturated heterocycles. The molecule has 1 aromatic heterocycles. The Hall–Kier alpha value is -1.49. The van der Waals surface area contributed by atoms with E-state index in [-0.39, 0.29) is 23.6 Å². The first-order valence-corrected chi connectivity index (χ1v) is 5.55. The molecule has 0 saturated carbocycles. The van der Waals surface area contributed by atoms with E-state index >= 15 is 0 Å². The number of rotatable bonds is 3. The van der Waals surface area contributed by atoms with Gasteiger partial charge in [0.1, 0.15) is 5.69 Å². The smallest absolute Gasteiger partial charge is 0.271 e. The fourth-order valence-electron chi connectivity index (χ4n) is 1.10. The number of carbonyl (C=O) groups is 1. The van der Waals surface area contributed by atoms with Crippen LogP contribution in [0.15, 0.2) is 12.4 Å². The number of carbonyl (C=O) groups excluding carboxylic acids is 1. The van der Waals surface area contributed by atoms with E-state index in [1.54, 1.807) is 6.92 Å². The van der Waals surface area contributed by atoms with Crippen LogP contribution < -0.4 is 5.32 Å². The summed E-state index contributed by atoms with van der Waals surface area (Å²) in [6.07, 6.45) is 2.37. The van der Waals surface area contributed by atoms with Crippen molar-refractivity contribution in [2.24, 2.45) is 5.41 Å². The summed E-state index contributed by atoms with van der Waals surface area (Å²) in [6.45, 7) is 7.75. The van der Waals surface area contributed by atoms with Gasteiger partial charge in [-0.2, -0.15) is 0 Å². The number of nitrogens with zero attached hydrogens (tertiary/aromatic N) is 2. The van der Waals surface area contributed by atoms with Gasteiger partial charge in [-0.05, 0) is 12.3 Å². The first-order chi connectivity index (χ1) is 7.80. The Morgan fingerprint density at radius 3 is 2.53 bits per heavy atom. The van der Waals surface area contributed by atoms with Crippen LogP contribution >= 0.6 is 0 Å². The molecular weight excluding hydrogens is 218 g/mol. The maximum Gasteiger partial charge on any atom is 0.271 e. The molecule has 0 aliphatic carbocycles. The van der Waals surface area contributed by atoms with Crippen LogP contribution in [0.5, 0.6) is 0 Å². The van der Waals surface area contributed by atoms with E-state index in [0.717, 1.165) is 5.69 Å². The second-order valence-electron chi connectivity index (χ2n) is 5.13. The minimum atomic E-state index is -0.593. The van der Waals surface area contributed by atoms with Crippen LogP contribution in [0.2, 0.25) is 0 Å². The lowest BCUT2D eigenvalue weighted by Crippen LogP contribution is -2.39. The van der Waals surface area contributed by atoms with Crippen molar-refractivity contribution in [2.75, 3.05) is 6.54 Å². The molecule has 0 bridgehead atoms. The summed E-state index contributed by atoms with van der Waals surface area (Å²) in [5.74, 6) is -0.319. The average molecular weight is 237 g/mol. The molecular formula is C12H19N3O2. The minimum absolute atomic E-state index is 0.206. The molecule has 5 nitrogen and oxygen atoms in total. The van der Waals surface area contributed by atoms with Crippen LogP contribution in [0.25, 0.3) is 0 Å². The molecule has 0 aliphatic heterocycles. The number of aromatic nitrogens is 2. The topological polar surface area (TPSA) is 75.1 Å². The average Bonchev–Trinajstić information content (AvgIpc) is 2.25. The standard InChI is InChI=1S/C12H19N3O2/c1-8-5-14-9(6-13-8)11(17)15-7-10(16)12(2,3)4/h5-6,10,16H,7H2,1-4H3,(H,15,17). The maximum atomic E-state index is 11.7. The second kappa shape index (κ2) is 5.23. The predicted molar refractivity (Wildman–Crippen MR) is 64.6 cm³/mol. The number of hydrogen-bond acceptors (Lipinski definition) is 4. The van der Waals surface area contributed by atoms with Crippen molar-refractivity contribution in [3.63, 3.8) is 0 Å². The van der Waals surface area contributed by atoms with Crippen molar-refractivity contribution < 1.29 is 9.90 Å². The second-order valence-corrected chi connectivity index (χ2v) is 5.13. The van der Waals surface area contributed by atoms with Crippen molar-refractivity contribution in [1.82, 2.24) is 15.3 Å². The summed E-state index contributed by atoms with van der Waals surface area (Å²) in [6, 6.07) is 0. The SMILES string of the molecule is Cc1cnc(C(=O)NCC(O)C(C)(C)C)cn1. The fourth-order valence-corrected chi connectivity index (χ4v) is 1.10. The lowest BCUT2D eigenvalue weighted by Gasteiger charge is -2.25. The molecule has 0 fully saturated rings. The first-order valence-electron chi connectivity index (χ1n) is 5.55. The van der Waals surface area contributed by atoms with E-state index in [0.29, 0.717) is 0 Å². The number of hydrogen-bond donors (Lipinski definition) is 2. The predicted octanol–water partition coefficient (Wildman–Crippen LogP) is 0.922. The highest BCUT2D eigenvalue weighted by molar-refractivity contribution is 5.91. The number of aliphatic hydroxyl groups is 1. The zero-order valence-corrected chi connectivity index (χ0v) is 10.7. The van der Waals surface area contributed by atoms with Crippen LogP contribution in [0.1, 0.15) is 37.0 Å². The Labute approximate surface area is 101 Å². The summed E-state index contributed by atoms with van der Waals surface area (Å²) in [7, 11) is 0. The van der Waals surface area contributed by atoms with Crippen LogP contribution in [0.3, 0.4) is 0 Å². The van der Waals surface area contributed by atoms with Gasteiger partial charge >= 0.3 is 0 Å². The number of amides is 1. The van der Waals surface area contributed by atoms with Crippen LogP contribution in [-0.2, 0) is 0 Å². The number of nitrogens with one attached hydrogen (secondary N) is 1. The molecule has 17 heavy (non-hydrogen) atoms. The Bertz CT molecular complexity index is 382. The van der Waals surface area contributed by atoms with Gasteiger partial charge < -0.3 is 10.4 Å². The summed E-state index contributed by atoms with van der Waals surface area (Å²) < 4.78 is 0. The largest absolute Gasteiger partial charge is 0.391 e. The van der Waals surface area contributed by atoms with E-state index in [1.807, 2.05) is 20.8 Å². The van der Waals surface area contributed by atoms with Crippen LogP contribution in [0.4, 0.5) is 0 Å². The molecule has 1 aromatic rings. The Kier molecular flexibility index (Phi) is 4.17. The van der Waals surface area contributed by atoms with Crippen molar-refractivity contribution in [3.05, 3.63) is 23.8 Å². The fraction of sp³-hybridized carbons (Fsp3) is 0.583. The molecule has 94 valence electrons. The molecule has 0 radical (unpaired) electrons. The molecule has 0 spiro atoms. The van der Waals surface area contributed by atoms with E-state index in [4.69, 9.17) is 0 Å². The first kappa shape index (κ1) is 13.6.